The Labute approximate surface area is 133 Å². The van der Waals surface area contributed by atoms with Crippen molar-refractivity contribution in [2.24, 2.45) is 5.73 Å². The lowest BCUT2D eigenvalue weighted by molar-refractivity contribution is 0.0998. The summed E-state index contributed by atoms with van der Waals surface area (Å²) in [5.74, 6) is -1.20. The number of hydrogen-bond acceptors (Lipinski definition) is 2. The number of fused-ring (bicyclic) bond motifs is 1. The fourth-order valence-corrected chi connectivity index (χ4v) is 3.04. The molecule has 0 saturated carbocycles. The Hall–Kier alpha value is -2.69. The van der Waals surface area contributed by atoms with Crippen molar-refractivity contribution in [1.82, 2.24) is 9.97 Å². The summed E-state index contributed by atoms with van der Waals surface area (Å²) in [5, 5.41) is 0.949. The van der Waals surface area contributed by atoms with Crippen molar-refractivity contribution in [2.75, 3.05) is 0 Å². The number of nitrogens with zero attached hydrogens (tertiary/aromatic N) is 1. The van der Waals surface area contributed by atoms with E-state index in [1.165, 1.54) is 6.07 Å². The van der Waals surface area contributed by atoms with Gasteiger partial charge >= 0.3 is 0 Å². The number of carbonyl (C=O) groups is 1. The van der Waals surface area contributed by atoms with E-state index in [0.29, 0.717) is 12.1 Å². The maximum atomic E-state index is 14.6. The Morgan fingerprint density at radius 2 is 2.09 bits per heavy atom. The van der Waals surface area contributed by atoms with E-state index in [2.05, 4.69) is 9.97 Å². The highest BCUT2D eigenvalue weighted by Gasteiger charge is 2.20. The van der Waals surface area contributed by atoms with Crippen molar-refractivity contribution in [3.8, 4) is 11.3 Å². The molecule has 0 aliphatic carbocycles. The van der Waals surface area contributed by atoms with E-state index in [0.717, 1.165) is 27.7 Å². The van der Waals surface area contributed by atoms with Gasteiger partial charge in [-0.1, -0.05) is 19.1 Å². The number of aromatic nitrogens is 2. The highest BCUT2D eigenvalue weighted by atomic mass is 19.1. The van der Waals surface area contributed by atoms with Crippen LogP contribution in [0.3, 0.4) is 0 Å². The van der Waals surface area contributed by atoms with Crippen LogP contribution in [0.2, 0.25) is 0 Å². The average Bonchev–Trinajstić information content (AvgIpc) is 2.84. The summed E-state index contributed by atoms with van der Waals surface area (Å²) in [6, 6.07) is 7.08. The number of aryl methyl sites for hydroxylation is 3. The van der Waals surface area contributed by atoms with E-state index >= 15 is 0 Å². The Bertz CT molecular complexity index is 928. The molecule has 0 atom stereocenters. The van der Waals surface area contributed by atoms with E-state index in [4.69, 9.17) is 5.73 Å². The minimum atomic E-state index is -0.661. The number of rotatable bonds is 3. The smallest absolute Gasteiger partial charge is 0.250 e. The Morgan fingerprint density at radius 1 is 1.35 bits per heavy atom. The van der Waals surface area contributed by atoms with Crippen LogP contribution in [0.15, 0.2) is 24.3 Å². The molecule has 3 N–H and O–H groups in total. The summed E-state index contributed by atoms with van der Waals surface area (Å²) < 4.78 is 14.6. The van der Waals surface area contributed by atoms with Crippen LogP contribution in [-0.2, 0) is 6.42 Å². The number of aromatic amines is 1. The third-order valence-electron chi connectivity index (χ3n) is 4.11. The minimum absolute atomic E-state index is 0.142. The summed E-state index contributed by atoms with van der Waals surface area (Å²) in [4.78, 5) is 19.2. The molecule has 2 heterocycles. The van der Waals surface area contributed by atoms with Crippen molar-refractivity contribution >= 4 is 16.8 Å². The Kier molecular flexibility index (Phi) is 3.64. The van der Waals surface area contributed by atoms with E-state index in [9.17, 15) is 9.18 Å². The van der Waals surface area contributed by atoms with E-state index < -0.39 is 11.7 Å². The summed E-state index contributed by atoms with van der Waals surface area (Å²) in [6.07, 6.45) is 0.506. The number of nitrogens with two attached hydrogens (primary N) is 1. The van der Waals surface area contributed by atoms with Gasteiger partial charge in [-0.25, -0.2) is 9.37 Å². The summed E-state index contributed by atoms with van der Waals surface area (Å²) >= 11 is 0. The summed E-state index contributed by atoms with van der Waals surface area (Å²) in [6.45, 7) is 5.74. The second kappa shape index (κ2) is 5.50. The lowest BCUT2D eigenvalue weighted by atomic mass is 10.0. The number of pyridine rings is 1. The first-order valence-electron chi connectivity index (χ1n) is 7.51. The molecule has 5 heteroatoms. The van der Waals surface area contributed by atoms with Gasteiger partial charge in [-0.15, -0.1) is 0 Å². The molecule has 0 bridgehead atoms. The fourth-order valence-electron chi connectivity index (χ4n) is 3.04. The van der Waals surface area contributed by atoms with Gasteiger partial charge in [0.05, 0.1) is 11.3 Å². The second-order valence-electron chi connectivity index (χ2n) is 5.65. The molecule has 0 spiro atoms. The molecule has 0 fully saturated rings. The highest BCUT2D eigenvalue weighted by Crippen LogP contribution is 2.35. The molecule has 0 aliphatic rings. The Balaban J connectivity index is 2.36. The zero-order valence-electron chi connectivity index (χ0n) is 13.3. The van der Waals surface area contributed by atoms with Crippen molar-refractivity contribution in [3.63, 3.8) is 0 Å². The number of carbonyl (C=O) groups excluding carboxylic acids is 1. The molecule has 1 aromatic carbocycles. The van der Waals surface area contributed by atoms with Crippen molar-refractivity contribution in [3.05, 3.63) is 52.6 Å². The number of primary amides is 1. The van der Waals surface area contributed by atoms with Crippen LogP contribution in [0.25, 0.3) is 22.2 Å². The summed E-state index contributed by atoms with van der Waals surface area (Å²) in [5.41, 5.74) is 9.79. The second-order valence-corrected chi connectivity index (χ2v) is 5.65. The number of H-pyrrole nitrogens is 1. The van der Waals surface area contributed by atoms with Gasteiger partial charge in [0.15, 0.2) is 0 Å². The molecule has 118 valence electrons. The van der Waals surface area contributed by atoms with Gasteiger partial charge in [0.2, 0.25) is 0 Å². The van der Waals surface area contributed by atoms with E-state index in [1.807, 2.05) is 39.0 Å². The molecule has 0 unspecified atom stereocenters. The molecule has 0 aliphatic heterocycles. The van der Waals surface area contributed by atoms with Crippen LogP contribution in [0, 0.1) is 19.7 Å². The molecular formula is C18H18FN3O. The number of halogens is 1. The van der Waals surface area contributed by atoms with Gasteiger partial charge in [-0.05, 0) is 38.0 Å². The molecular weight excluding hydrogens is 293 g/mol. The minimum Gasteiger partial charge on any atom is -0.366 e. The predicted molar refractivity (Wildman–Crippen MR) is 88.9 cm³/mol. The quantitative estimate of drug-likeness (QED) is 0.775. The van der Waals surface area contributed by atoms with Crippen molar-refractivity contribution in [1.29, 1.82) is 0 Å². The van der Waals surface area contributed by atoms with Crippen LogP contribution in [0.5, 0.6) is 0 Å². The SMILES string of the molecule is CCc1nc(-c2c(C)[nH]c3cccc(C)c23)c(F)cc1C(N)=O. The third-order valence-corrected chi connectivity index (χ3v) is 4.11. The van der Waals surface area contributed by atoms with Gasteiger partial charge in [-0.3, -0.25) is 4.79 Å². The van der Waals surface area contributed by atoms with Gasteiger partial charge < -0.3 is 10.7 Å². The normalized spacial score (nSPS) is 11.1. The van der Waals surface area contributed by atoms with Crippen LogP contribution >= 0.6 is 0 Å². The molecule has 2 aromatic heterocycles. The standard InChI is InChI=1S/C18H18FN3O/c1-4-13-11(18(20)23)8-12(19)17(22-13)16-10(3)21-14-7-5-6-9(2)15(14)16/h5-8,21H,4H2,1-3H3,(H2,20,23). The first-order chi connectivity index (χ1) is 10.9. The van der Waals surface area contributed by atoms with Crippen LogP contribution in [0.4, 0.5) is 4.39 Å². The van der Waals surface area contributed by atoms with Crippen molar-refractivity contribution < 1.29 is 9.18 Å². The zero-order valence-corrected chi connectivity index (χ0v) is 13.3. The number of benzene rings is 1. The van der Waals surface area contributed by atoms with E-state index in [-0.39, 0.29) is 11.3 Å². The van der Waals surface area contributed by atoms with Crippen LogP contribution in [0.1, 0.15) is 34.2 Å². The maximum Gasteiger partial charge on any atom is 0.250 e. The topological polar surface area (TPSA) is 71.8 Å². The molecule has 1 amide bonds. The molecule has 4 nitrogen and oxygen atoms in total. The molecule has 3 rings (SSSR count). The Morgan fingerprint density at radius 3 is 2.74 bits per heavy atom. The molecule has 23 heavy (non-hydrogen) atoms. The fraction of sp³-hybridized carbons (Fsp3) is 0.222. The van der Waals surface area contributed by atoms with E-state index in [1.54, 1.807) is 0 Å². The molecule has 3 aromatic rings. The largest absolute Gasteiger partial charge is 0.366 e. The van der Waals surface area contributed by atoms with Gasteiger partial charge in [-0.2, -0.15) is 0 Å². The predicted octanol–water partition coefficient (Wildman–Crippen LogP) is 3.65. The number of nitrogens with one attached hydrogen (secondary N) is 1. The zero-order chi connectivity index (χ0) is 16.7. The third kappa shape index (κ3) is 2.38. The van der Waals surface area contributed by atoms with Crippen molar-refractivity contribution in [2.45, 2.75) is 27.2 Å². The summed E-state index contributed by atoms with van der Waals surface area (Å²) in [7, 11) is 0. The lowest BCUT2D eigenvalue weighted by Gasteiger charge is -2.10. The van der Waals surface area contributed by atoms with Gasteiger partial charge in [0.25, 0.3) is 5.91 Å². The highest BCUT2D eigenvalue weighted by molar-refractivity contribution is 6.00. The van der Waals surface area contributed by atoms with Crippen LogP contribution in [-0.4, -0.2) is 15.9 Å². The van der Waals surface area contributed by atoms with Gasteiger partial charge in [0.1, 0.15) is 11.5 Å². The molecule has 0 saturated heterocycles. The van der Waals surface area contributed by atoms with Crippen LogP contribution < -0.4 is 5.73 Å². The first kappa shape index (κ1) is 15.2. The average molecular weight is 311 g/mol. The lowest BCUT2D eigenvalue weighted by Crippen LogP contribution is -2.16. The number of hydrogen-bond donors (Lipinski definition) is 2. The van der Waals surface area contributed by atoms with Gasteiger partial charge in [0, 0.05) is 22.2 Å². The monoisotopic (exact) mass is 311 g/mol. The first-order valence-corrected chi connectivity index (χ1v) is 7.51. The molecule has 0 radical (unpaired) electrons. The maximum absolute atomic E-state index is 14.6. The number of amides is 1.